The number of ether oxygens (including phenoxy) is 2. The zero-order chi connectivity index (χ0) is 11.6. The minimum absolute atomic E-state index is 0.103. The van der Waals surface area contributed by atoms with Gasteiger partial charge in [0.2, 0.25) is 0 Å². The molecule has 0 saturated heterocycles. The molecule has 0 aromatic heterocycles. The smallest absolute Gasteiger partial charge is 0.0976 e. The van der Waals surface area contributed by atoms with Crippen LogP contribution in [0.2, 0.25) is 0 Å². The van der Waals surface area contributed by atoms with E-state index >= 15 is 0 Å². The molecule has 0 amide bonds. The zero-order valence-electron chi connectivity index (χ0n) is 10.1. The van der Waals surface area contributed by atoms with E-state index in [0.717, 1.165) is 25.3 Å². The van der Waals surface area contributed by atoms with Crippen LogP contribution in [0.1, 0.15) is 13.3 Å². The van der Waals surface area contributed by atoms with Crippen LogP contribution in [0.4, 0.5) is 5.69 Å². The van der Waals surface area contributed by atoms with E-state index in [4.69, 9.17) is 9.47 Å². The molecule has 0 aliphatic heterocycles. The van der Waals surface area contributed by atoms with Crippen LogP contribution in [-0.4, -0.2) is 33.0 Å². The van der Waals surface area contributed by atoms with E-state index in [2.05, 4.69) is 12.2 Å². The molecule has 0 bridgehead atoms. The summed E-state index contributed by atoms with van der Waals surface area (Å²) in [6, 6.07) is 10.1. The van der Waals surface area contributed by atoms with E-state index < -0.39 is 0 Å². The van der Waals surface area contributed by atoms with Crippen molar-refractivity contribution < 1.29 is 9.47 Å². The molecule has 90 valence electrons. The van der Waals surface area contributed by atoms with Crippen molar-refractivity contribution in [3.8, 4) is 0 Å². The molecular weight excluding hydrogens is 202 g/mol. The molecule has 1 atom stereocenters. The highest BCUT2D eigenvalue weighted by molar-refractivity contribution is 5.42. The van der Waals surface area contributed by atoms with Gasteiger partial charge >= 0.3 is 0 Å². The van der Waals surface area contributed by atoms with Crippen molar-refractivity contribution >= 4 is 5.69 Å². The first-order valence-electron chi connectivity index (χ1n) is 5.76. The highest BCUT2D eigenvalue weighted by Gasteiger charge is 2.06. The fourth-order valence-electron chi connectivity index (χ4n) is 1.36. The van der Waals surface area contributed by atoms with Crippen molar-refractivity contribution in [1.82, 2.24) is 0 Å². The molecular formula is C13H21NO2. The van der Waals surface area contributed by atoms with Crippen LogP contribution in [0.15, 0.2) is 30.3 Å². The molecule has 3 heteroatoms. The zero-order valence-corrected chi connectivity index (χ0v) is 10.1. The van der Waals surface area contributed by atoms with Crippen LogP contribution in [0.5, 0.6) is 0 Å². The van der Waals surface area contributed by atoms with Crippen molar-refractivity contribution in [2.45, 2.75) is 19.4 Å². The standard InChI is InChI=1S/C13H21NO2/c1-3-9-16-11-13(15-2)10-14-12-7-5-4-6-8-12/h4-8,13-14H,3,9-11H2,1-2H3. The van der Waals surface area contributed by atoms with Crippen LogP contribution in [-0.2, 0) is 9.47 Å². The Balaban J connectivity index is 2.23. The number of nitrogens with one attached hydrogen (secondary N) is 1. The fraction of sp³-hybridized carbons (Fsp3) is 0.538. The first-order chi connectivity index (χ1) is 7.86. The number of anilines is 1. The van der Waals surface area contributed by atoms with Crippen molar-refractivity contribution in [1.29, 1.82) is 0 Å². The second kappa shape index (κ2) is 8.13. The SMILES string of the molecule is CCCOCC(CNc1ccccc1)OC. The second-order valence-corrected chi connectivity index (χ2v) is 3.68. The van der Waals surface area contributed by atoms with Crippen LogP contribution in [0.3, 0.4) is 0 Å². The maximum Gasteiger partial charge on any atom is 0.0976 e. The van der Waals surface area contributed by atoms with E-state index in [0.29, 0.717) is 6.61 Å². The number of hydrogen-bond acceptors (Lipinski definition) is 3. The molecule has 3 nitrogen and oxygen atoms in total. The van der Waals surface area contributed by atoms with Crippen LogP contribution < -0.4 is 5.32 Å². The van der Waals surface area contributed by atoms with E-state index in [1.54, 1.807) is 7.11 Å². The van der Waals surface area contributed by atoms with Gasteiger partial charge in [-0.2, -0.15) is 0 Å². The minimum Gasteiger partial charge on any atom is -0.382 e. The number of hydrogen-bond donors (Lipinski definition) is 1. The summed E-state index contributed by atoms with van der Waals surface area (Å²) in [4.78, 5) is 0. The average molecular weight is 223 g/mol. The van der Waals surface area contributed by atoms with Gasteiger partial charge in [0, 0.05) is 25.9 Å². The summed E-state index contributed by atoms with van der Waals surface area (Å²) in [7, 11) is 1.71. The Morgan fingerprint density at radius 2 is 2.00 bits per heavy atom. The third kappa shape index (κ3) is 5.14. The van der Waals surface area contributed by atoms with Gasteiger partial charge in [0.25, 0.3) is 0 Å². The van der Waals surface area contributed by atoms with Crippen molar-refractivity contribution in [3.63, 3.8) is 0 Å². The molecule has 0 spiro atoms. The fourth-order valence-corrected chi connectivity index (χ4v) is 1.36. The van der Waals surface area contributed by atoms with E-state index in [9.17, 15) is 0 Å². The Hall–Kier alpha value is -1.06. The van der Waals surface area contributed by atoms with E-state index in [1.165, 1.54) is 0 Å². The van der Waals surface area contributed by atoms with Crippen molar-refractivity contribution in [2.24, 2.45) is 0 Å². The molecule has 1 aromatic carbocycles. The Kier molecular flexibility index (Phi) is 6.61. The topological polar surface area (TPSA) is 30.5 Å². The minimum atomic E-state index is 0.103. The van der Waals surface area contributed by atoms with Gasteiger partial charge in [-0.15, -0.1) is 0 Å². The summed E-state index contributed by atoms with van der Waals surface area (Å²) in [5, 5.41) is 3.32. The first kappa shape index (κ1) is 13.0. The molecule has 0 radical (unpaired) electrons. The van der Waals surface area contributed by atoms with Crippen LogP contribution in [0, 0.1) is 0 Å². The normalized spacial score (nSPS) is 12.4. The molecule has 1 aromatic rings. The number of benzene rings is 1. The molecule has 1 rings (SSSR count). The lowest BCUT2D eigenvalue weighted by molar-refractivity contribution is 0.0158. The maximum atomic E-state index is 5.46. The van der Waals surface area contributed by atoms with Gasteiger partial charge in [0.1, 0.15) is 0 Å². The third-order valence-corrected chi connectivity index (χ3v) is 2.29. The number of para-hydroxylation sites is 1. The Morgan fingerprint density at radius 1 is 1.25 bits per heavy atom. The Bertz CT molecular complexity index is 264. The number of rotatable bonds is 8. The third-order valence-electron chi connectivity index (χ3n) is 2.29. The average Bonchev–Trinajstić information content (AvgIpc) is 2.35. The molecule has 0 aliphatic rings. The van der Waals surface area contributed by atoms with Crippen molar-refractivity contribution in [3.05, 3.63) is 30.3 Å². The summed E-state index contributed by atoms with van der Waals surface area (Å²) in [6.07, 6.45) is 1.15. The van der Waals surface area contributed by atoms with Gasteiger partial charge in [0.05, 0.1) is 12.7 Å². The lowest BCUT2D eigenvalue weighted by Crippen LogP contribution is -2.27. The summed E-state index contributed by atoms with van der Waals surface area (Å²) >= 11 is 0. The van der Waals surface area contributed by atoms with Gasteiger partial charge in [-0.05, 0) is 18.6 Å². The predicted octanol–water partition coefficient (Wildman–Crippen LogP) is 2.54. The Labute approximate surface area is 97.8 Å². The lowest BCUT2D eigenvalue weighted by Gasteiger charge is -2.16. The summed E-state index contributed by atoms with van der Waals surface area (Å²) < 4.78 is 10.8. The second-order valence-electron chi connectivity index (χ2n) is 3.68. The first-order valence-corrected chi connectivity index (χ1v) is 5.76. The largest absolute Gasteiger partial charge is 0.382 e. The molecule has 0 saturated carbocycles. The van der Waals surface area contributed by atoms with Crippen LogP contribution in [0.25, 0.3) is 0 Å². The quantitative estimate of drug-likeness (QED) is 0.687. The maximum absolute atomic E-state index is 5.46. The number of methoxy groups -OCH3 is 1. The van der Waals surface area contributed by atoms with Gasteiger partial charge in [-0.1, -0.05) is 25.1 Å². The van der Waals surface area contributed by atoms with Gasteiger partial charge < -0.3 is 14.8 Å². The summed E-state index contributed by atoms with van der Waals surface area (Å²) in [6.45, 7) is 4.31. The monoisotopic (exact) mass is 223 g/mol. The molecule has 1 unspecified atom stereocenters. The highest BCUT2D eigenvalue weighted by atomic mass is 16.5. The molecule has 0 fully saturated rings. The summed E-state index contributed by atoms with van der Waals surface area (Å²) in [5.74, 6) is 0. The van der Waals surface area contributed by atoms with Crippen molar-refractivity contribution in [2.75, 3.05) is 32.2 Å². The summed E-state index contributed by atoms with van der Waals surface area (Å²) in [5.41, 5.74) is 1.11. The van der Waals surface area contributed by atoms with Crippen LogP contribution >= 0.6 is 0 Å². The molecule has 0 aliphatic carbocycles. The Morgan fingerprint density at radius 3 is 2.62 bits per heavy atom. The highest BCUT2D eigenvalue weighted by Crippen LogP contribution is 2.05. The predicted molar refractivity (Wildman–Crippen MR) is 66.8 cm³/mol. The molecule has 0 heterocycles. The van der Waals surface area contributed by atoms with E-state index in [1.807, 2.05) is 30.3 Å². The molecule has 16 heavy (non-hydrogen) atoms. The van der Waals surface area contributed by atoms with Gasteiger partial charge in [-0.25, -0.2) is 0 Å². The van der Waals surface area contributed by atoms with Gasteiger partial charge in [0.15, 0.2) is 0 Å². The van der Waals surface area contributed by atoms with E-state index in [-0.39, 0.29) is 6.10 Å². The lowest BCUT2D eigenvalue weighted by atomic mass is 10.3. The van der Waals surface area contributed by atoms with Gasteiger partial charge in [-0.3, -0.25) is 0 Å². The molecule has 1 N–H and O–H groups in total.